The van der Waals surface area contributed by atoms with E-state index in [0.29, 0.717) is 16.8 Å². The molecular weight excluding hydrogens is 522 g/mol. The number of rotatable bonds is 9. The zero-order valence-corrected chi connectivity index (χ0v) is 22.7. The van der Waals surface area contributed by atoms with Gasteiger partial charge in [0.25, 0.3) is 5.91 Å². The molecule has 0 aliphatic heterocycles. The number of terminal acetylenes is 1. The molecule has 0 spiro atoms. The van der Waals surface area contributed by atoms with Crippen LogP contribution in [-0.2, 0) is 36.7 Å². The number of imidazole rings is 1. The van der Waals surface area contributed by atoms with Crippen LogP contribution in [0.5, 0.6) is 0 Å². The summed E-state index contributed by atoms with van der Waals surface area (Å²) < 4.78 is 30.5. The summed E-state index contributed by atoms with van der Waals surface area (Å²) >= 11 is 0. The van der Waals surface area contributed by atoms with E-state index in [4.69, 9.17) is 6.42 Å². The third kappa shape index (κ3) is 5.78. The average Bonchev–Trinajstić information content (AvgIpc) is 3.31. The van der Waals surface area contributed by atoms with Crippen molar-refractivity contribution in [3.8, 4) is 12.3 Å². The van der Waals surface area contributed by atoms with Crippen molar-refractivity contribution in [2.24, 2.45) is 7.05 Å². The second-order valence-corrected chi connectivity index (χ2v) is 11.2. The van der Waals surface area contributed by atoms with Gasteiger partial charge in [0.15, 0.2) is 0 Å². The molecule has 0 saturated carbocycles. The standard InChI is InChI=1S/C31H27N5O3S/c1-3-23-13-17-27(18-14-23)40(38,39)36(22-26-8-6-7-19-32-26)21-24-11-15-25(16-12-24)31(37)33-20-30-34-28-9-4-5-10-29(28)35(30)2/h1,4-19H,20-22H2,2H3,(H,33,37). The van der Waals surface area contributed by atoms with E-state index in [1.807, 2.05) is 41.9 Å². The van der Waals surface area contributed by atoms with E-state index in [9.17, 15) is 13.2 Å². The lowest BCUT2D eigenvalue weighted by atomic mass is 10.1. The van der Waals surface area contributed by atoms with Gasteiger partial charge >= 0.3 is 0 Å². The summed E-state index contributed by atoms with van der Waals surface area (Å²) in [5.41, 5.74) is 4.27. The van der Waals surface area contributed by atoms with Gasteiger partial charge in [-0.15, -0.1) is 6.42 Å². The molecule has 0 bridgehead atoms. The van der Waals surface area contributed by atoms with E-state index in [1.54, 1.807) is 54.7 Å². The Balaban J connectivity index is 1.32. The summed E-state index contributed by atoms with van der Waals surface area (Å²) in [6, 6.07) is 26.3. The van der Waals surface area contributed by atoms with Crippen LogP contribution in [0.4, 0.5) is 0 Å². The van der Waals surface area contributed by atoms with Crippen LogP contribution in [0.3, 0.4) is 0 Å². The maximum absolute atomic E-state index is 13.6. The van der Waals surface area contributed by atoms with E-state index >= 15 is 0 Å². The van der Waals surface area contributed by atoms with Gasteiger partial charge in [-0.25, -0.2) is 13.4 Å². The number of pyridine rings is 1. The van der Waals surface area contributed by atoms with Gasteiger partial charge in [-0.3, -0.25) is 9.78 Å². The van der Waals surface area contributed by atoms with Crippen LogP contribution in [0, 0.1) is 12.3 Å². The van der Waals surface area contributed by atoms with Crippen molar-refractivity contribution < 1.29 is 13.2 Å². The van der Waals surface area contributed by atoms with Gasteiger partial charge in [-0.2, -0.15) is 4.31 Å². The highest BCUT2D eigenvalue weighted by Crippen LogP contribution is 2.22. The first kappa shape index (κ1) is 26.8. The normalized spacial score (nSPS) is 11.4. The van der Waals surface area contributed by atoms with Crippen molar-refractivity contribution in [1.82, 2.24) is 24.2 Å². The minimum absolute atomic E-state index is 0.0837. The van der Waals surface area contributed by atoms with Crippen LogP contribution in [0.2, 0.25) is 0 Å². The first-order valence-electron chi connectivity index (χ1n) is 12.6. The molecule has 0 aliphatic carbocycles. The first-order chi connectivity index (χ1) is 19.3. The predicted octanol–water partition coefficient (Wildman–Crippen LogP) is 4.27. The largest absolute Gasteiger partial charge is 0.345 e. The molecule has 8 nitrogen and oxygen atoms in total. The van der Waals surface area contributed by atoms with Gasteiger partial charge in [0.05, 0.1) is 34.7 Å². The van der Waals surface area contributed by atoms with Crippen molar-refractivity contribution in [1.29, 1.82) is 0 Å². The minimum atomic E-state index is -3.87. The summed E-state index contributed by atoms with van der Waals surface area (Å²) in [6.45, 7) is 0.457. The quantitative estimate of drug-likeness (QED) is 0.277. The smallest absolute Gasteiger partial charge is 0.251 e. The molecule has 5 rings (SSSR count). The second kappa shape index (κ2) is 11.5. The number of para-hydroxylation sites is 2. The summed E-state index contributed by atoms with van der Waals surface area (Å²) in [4.78, 5) is 21.9. The Labute approximate surface area is 233 Å². The molecule has 0 unspecified atom stereocenters. The van der Waals surface area contributed by atoms with Crippen molar-refractivity contribution in [2.75, 3.05) is 0 Å². The van der Waals surface area contributed by atoms with Crippen LogP contribution in [0.25, 0.3) is 11.0 Å². The fourth-order valence-corrected chi connectivity index (χ4v) is 5.75. The van der Waals surface area contributed by atoms with Crippen LogP contribution in [-0.4, -0.2) is 33.2 Å². The van der Waals surface area contributed by atoms with Crippen LogP contribution < -0.4 is 5.32 Å². The molecule has 0 saturated heterocycles. The van der Waals surface area contributed by atoms with E-state index in [2.05, 4.69) is 21.2 Å². The Morgan fingerprint density at radius 2 is 1.68 bits per heavy atom. The molecule has 40 heavy (non-hydrogen) atoms. The number of carbonyl (C=O) groups is 1. The monoisotopic (exact) mass is 549 g/mol. The van der Waals surface area contributed by atoms with Gasteiger partial charge in [0, 0.05) is 30.9 Å². The number of benzene rings is 3. The highest BCUT2D eigenvalue weighted by Gasteiger charge is 2.25. The molecular formula is C31H27N5O3S. The Kier molecular flexibility index (Phi) is 7.73. The fraction of sp³-hybridized carbons (Fsp3) is 0.129. The van der Waals surface area contributed by atoms with Gasteiger partial charge in [0.2, 0.25) is 10.0 Å². The lowest BCUT2D eigenvalue weighted by Gasteiger charge is -2.22. The zero-order valence-electron chi connectivity index (χ0n) is 21.9. The van der Waals surface area contributed by atoms with Crippen LogP contribution in [0.1, 0.15) is 33.0 Å². The number of nitrogens with zero attached hydrogens (tertiary/aromatic N) is 4. The molecule has 0 radical (unpaired) electrons. The maximum atomic E-state index is 13.6. The Morgan fingerprint density at radius 1 is 0.950 bits per heavy atom. The maximum Gasteiger partial charge on any atom is 0.251 e. The predicted molar refractivity (Wildman–Crippen MR) is 153 cm³/mol. The zero-order chi connectivity index (χ0) is 28.1. The Morgan fingerprint density at radius 3 is 2.35 bits per heavy atom. The second-order valence-electron chi connectivity index (χ2n) is 9.22. The van der Waals surface area contributed by atoms with E-state index in [-0.39, 0.29) is 30.4 Å². The summed E-state index contributed by atoms with van der Waals surface area (Å²) in [7, 11) is -1.95. The fourth-order valence-electron chi connectivity index (χ4n) is 4.35. The summed E-state index contributed by atoms with van der Waals surface area (Å²) in [5, 5.41) is 2.91. The molecule has 3 aromatic carbocycles. The molecule has 0 atom stereocenters. The number of aryl methyl sites for hydroxylation is 1. The van der Waals surface area contributed by atoms with Gasteiger partial charge in [0.1, 0.15) is 5.82 Å². The van der Waals surface area contributed by atoms with Crippen molar-refractivity contribution in [3.63, 3.8) is 0 Å². The van der Waals surface area contributed by atoms with Gasteiger partial charge in [-0.05, 0) is 66.2 Å². The minimum Gasteiger partial charge on any atom is -0.345 e. The summed E-state index contributed by atoms with van der Waals surface area (Å²) in [5.74, 6) is 3.00. The van der Waals surface area contributed by atoms with Crippen LogP contribution in [0.15, 0.2) is 102 Å². The Hall–Kier alpha value is -4.78. The molecule has 2 heterocycles. The van der Waals surface area contributed by atoms with Crippen molar-refractivity contribution in [3.05, 3.63) is 125 Å². The lowest BCUT2D eigenvalue weighted by Crippen LogP contribution is -2.30. The SMILES string of the molecule is C#Cc1ccc(S(=O)(=O)N(Cc2ccc(C(=O)NCc3nc4ccccc4n3C)cc2)Cc2ccccn2)cc1. The number of sulfonamides is 1. The number of amides is 1. The third-order valence-corrected chi connectivity index (χ3v) is 8.39. The average molecular weight is 550 g/mol. The summed E-state index contributed by atoms with van der Waals surface area (Å²) in [6.07, 6.45) is 7.05. The number of fused-ring (bicyclic) bond motifs is 1. The van der Waals surface area contributed by atoms with E-state index in [1.165, 1.54) is 16.4 Å². The molecule has 0 fully saturated rings. The Bertz CT molecular complexity index is 1790. The molecule has 200 valence electrons. The molecule has 0 aliphatic rings. The van der Waals surface area contributed by atoms with Crippen molar-refractivity contribution in [2.45, 2.75) is 24.5 Å². The molecule has 5 aromatic rings. The molecule has 1 amide bonds. The molecule has 2 aromatic heterocycles. The van der Waals surface area contributed by atoms with Crippen LogP contribution >= 0.6 is 0 Å². The number of hydrogen-bond acceptors (Lipinski definition) is 5. The number of aromatic nitrogens is 3. The lowest BCUT2D eigenvalue weighted by molar-refractivity contribution is 0.0949. The van der Waals surface area contributed by atoms with Crippen molar-refractivity contribution >= 4 is 27.0 Å². The first-order valence-corrected chi connectivity index (χ1v) is 14.0. The topological polar surface area (TPSA) is 97.2 Å². The number of hydrogen-bond donors (Lipinski definition) is 1. The van der Waals surface area contributed by atoms with E-state index < -0.39 is 10.0 Å². The molecule has 1 N–H and O–H groups in total. The number of nitrogens with one attached hydrogen (secondary N) is 1. The van der Waals surface area contributed by atoms with Gasteiger partial charge < -0.3 is 9.88 Å². The highest BCUT2D eigenvalue weighted by molar-refractivity contribution is 7.89. The third-order valence-electron chi connectivity index (χ3n) is 6.59. The highest BCUT2D eigenvalue weighted by atomic mass is 32.2. The van der Waals surface area contributed by atoms with E-state index in [0.717, 1.165) is 22.4 Å². The molecule has 9 heteroatoms. The number of carbonyl (C=O) groups excluding carboxylic acids is 1. The van der Waals surface area contributed by atoms with Gasteiger partial charge in [-0.1, -0.05) is 36.3 Å².